The number of ketones is 1. The van der Waals surface area contributed by atoms with E-state index in [0.29, 0.717) is 12.2 Å². The SMILES string of the molecule is CCCC(=O)CCC.CCCC(=O)O. The molecule has 1 N–H and O–H groups in total. The van der Waals surface area contributed by atoms with Crippen LogP contribution in [0.25, 0.3) is 0 Å². The number of carboxylic acid groups (broad SMARTS) is 1. The van der Waals surface area contributed by atoms with Crippen molar-refractivity contribution < 1.29 is 14.7 Å². The van der Waals surface area contributed by atoms with E-state index in [9.17, 15) is 9.59 Å². The number of Topliss-reactive ketones (excluding diaryl/α,β-unsaturated/α-hetero) is 1. The number of hydrogen-bond acceptors (Lipinski definition) is 2. The molecule has 0 atom stereocenters. The highest BCUT2D eigenvalue weighted by atomic mass is 16.4. The van der Waals surface area contributed by atoms with Gasteiger partial charge in [-0.15, -0.1) is 0 Å². The first-order valence-corrected chi connectivity index (χ1v) is 5.31. The van der Waals surface area contributed by atoms with Crippen LogP contribution in [0, 0.1) is 0 Å². The van der Waals surface area contributed by atoms with Gasteiger partial charge in [-0.1, -0.05) is 20.8 Å². The van der Waals surface area contributed by atoms with Crippen LogP contribution in [0.1, 0.15) is 59.3 Å². The molecule has 3 heteroatoms. The van der Waals surface area contributed by atoms with Crippen LogP contribution in [-0.2, 0) is 9.59 Å². The van der Waals surface area contributed by atoms with Gasteiger partial charge in [-0.25, -0.2) is 0 Å². The Morgan fingerprint density at radius 1 is 0.857 bits per heavy atom. The van der Waals surface area contributed by atoms with Gasteiger partial charge in [0.05, 0.1) is 0 Å². The second-order valence-corrected chi connectivity index (χ2v) is 3.18. The molecule has 0 aliphatic carbocycles. The van der Waals surface area contributed by atoms with Gasteiger partial charge in [-0.3, -0.25) is 9.59 Å². The van der Waals surface area contributed by atoms with Gasteiger partial charge in [0.2, 0.25) is 0 Å². The van der Waals surface area contributed by atoms with Crippen LogP contribution in [-0.4, -0.2) is 16.9 Å². The lowest BCUT2D eigenvalue weighted by Crippen LogP contribution is -1.93. The molecule has 0 rings (SSSR count). The summed E-state index contributed by atoms with van der Waals surface area (Å²) in [7, 11) is 0. The maximum absolute atomic E-state index is 10.6. The molecule has 0 unspecified atom stereocenters. The van der Waals surface area contributed by atoms with E-state index in [0.717, 1.165) is 32.1 Å². The van der Waals surface area contributed by atoms with E-state index in [1.165, 1.54) is 0 Å². The van der Waals surface area contributed by atoms with Crippen molar-refractivity contribution in [2.24, 2.45) is 0 Å². The molecule has 0 spiro atoms. The van der Waals surface area contributed by atoms with Gasteiger partial charge in [0.1, 0.15) is 5.78 Å². The van der Waals surface area contributed by atoms with Gasteiger partial charge in [-0.05, 0) is 19.3 Å². The molecule has 3 nitrogen and oxygen atoms in total. The zero-order valence-corrected chi connectivity index (χ0v) is 9.51. The van der Waals surface area contributed by atoms with Crippen molar-refractivity contribution in [3.63, 3.8) is 0 Å². The summed E-state index contributed by atoms with van der Waals surface area (Å²) in [5.74, 6) is -0.299. The highest BCUT2D eigenvalue weighted by molar-refractivity contribution is 5.78. The molecule has 0 aromatic heterocycles. The summed E-state index contributed by atoms with van der Waals surface area (Å²) < 4.78 is 0. The van der Waals surface area contributed by atoms with Crippen molar-refractivity contribution in [1.29, 1.82) is 0 Å². The van der Waals surface area contributed by atoms with Crippen LogP contribution in [0.5, 0.6) is 0 Å². The van der Waals surface area contributed by atoms with E-state index in [-0.39, 0.29) is 0 Å². The van der Waals surface area contributed by atoms with Crippen LogP contribution in [0.3, 0.4) is 0 Å². The average Bonchev–Trinajstić information content (AvgIpc) is 2.05. The summed E-state index contributed by atoms with van der Waals surface area (Å²) >= 11 is 0. The Hall–Kier alpha value is -0.860. The minimum Gasteiger partial charge on any atom is -0.481 e. The maximum atomic E-state index is 10.6. The number of aliphatic carboxylic acids is 1. The third-order valence-electron chi connectivity index (χ3n) is 1.52. The topological polar surface area (TPSA) is 54.4 Å². The highest BCUT2D eigenvalue weighted by Gasteiger charge is 1.94. The van der Waals surface area contributed by atoms with E-state index in [1.54, 1.807) is 0 Å². The predicted octanol–water partition coefficient (Wildman–Crippen LogP) is 3.03. The summed E-state index contributed by atoms with van der Waals surface area (Å²) in [5.41, 5.74) is 0. The Morgan fingerprint density at radius 3 is 1.36 bits per heavy atom. The molecule has 0 aliphatic rings. The second kappa shape index (κ2) is 12.1. The van der Waals surface area contributed by atoms with Gasteiger partial charge in [0, 0.05) is 19.3 Å². The molecule has 0 amide bonds. The fourth-order valence-corrected chi connectivity index (χ4v) is 0.897. The molecule has 0 radical (unpaired) electrons. The Labute approximate surface area is 86.5 Å². The van der Waals surface area contributed by atoms with Gasteiger partial charge in [-0.2, -0.15) is 0 Å². The molecule has 0 bridgehead atoms. The molecule has 0 saturated carbocycles. The van der Waals surface area contributed by atoms with Crippen molar-refractivity contribution in [2.75, 3.05) is 0 Å². The smallest absolute Gasteiger partial charge is 0.303 e. The number of hydrogen-bond donors (Lipinski definition) is 1. The first-order chi connectivity index (χ1) is 6.58. The number of carbonyl (C=O) groups excluding carboxylic acids is 1. The molecular formula is C11H22O3. The number of rotatable bonds is 6. The third-order valence-corrected chi connectivity index (χ3v) is 1.52. The van der Waals surface area contributed by atoms with E-state index < -0.39 is 5.97 Å². The van der Waals surface area contributed by atoms with Crippen LogP contribution >= 0.6 is 0 Å². The molecule has 0 aliphatic heterocycles. The lowest BCUT2D eigenvalue weighted by Gasteiger charge is -1.91. The van der Waals surface area contributed by atoms with Gasteiger partial charge in [0.15, 0.2) is 0 Å². The molecule has 0 saturated heterocycles. The molecule has 84 valence electrons. The van der Waals surface area contributed by atoms with Crippen molar-refractivity contribution in [1.82, 2.24) is 0 Å². The first-order valence-electron chi connectivity index (χ1n) is 5.31. The van der Waals surface area contributed by atoms with Crippen LogP contribution in [0.2, 0.25) is 0 Å². The molecule has 0 aromatic rings. The molecule has 0 heterocycles. The minimum atomic E-state index is -0.711. The molecule has 14 heavy (non-hydrogen) atoms. The number of carboxylic acids is 1. The van der Waals surface area contributed by atoms with Crippen molar-refractivity contribution >= 4 is 11.8 Å². The number of carbonyl (C=O) groups is 2. The summed E-state index contributed by atoms with van der Waals surface area (Å²) in [6.07, 6.45) is 4.56. The van der Waals surface area contributed by atoms with Crippen LogP contribution in [0.15, 0.2) is 0 Å². The van der Waals surface area contributed by atoms with E-state index >= 15 is 0 Å². The lowest BCUT2D eigenvalue weighted by atomic mass is 10.1. The zero-order chi connectivity index (χ0) is 11.4. The maximum Gasteiger partial charge on any atom is 0.303 e. The lowest BCUT2D eigenvalue weighted by molar-refractivity contribution is -0.137. The highest BCUT2D eigenvalue weighted by Crippen LogP contribution is 1.95. The second-order valence-electron chi connectivity index (χ2n) is 3.18. The van der Waals surface area contributed by atoms with Crippen molar-refractivity contribution in [3.05, 3.63) is 0 Å². The Bertz CT molecular complexity index is 145. The van der Waals surface area contributed by atoms with E-state index in [4.69, 9.17) is 5.11 Å². The fraction of sp³-hybridized carbons (Fsp3) is 0.818. The molecular weight excluding hydrogens is 180 g/mol. The summed E-state index contributed by atoms with van der Waals surface area (Å²) in [5, 5.41) is 7.91. The van der Waals surface area contributed by atoms with Crippen LogP contribution < -0.4 is 0 Å². The summed E-state index contributed by atoms with van der Waals surface area (Å²) in [4.78, 5) is 20.2. The standard InChI is InChI=1S/C7H14O.C4H8O2/c1-3-5-7(8)6-4-2;1-2-3-4(5)6/h3-6H2,1-2H3;2-3H2,1H3,(H,5,6). The van der Waals surface area contributed by atoms with E-state index in [1.807, 2.05) is 20.8 Å². The van der Waals surface area contributed by atoms with Crippen molar-refractivity contribution in [2.45, 2.75) is 59.3 Å². The first kappa shape index (κ1) is 15.6. The largest absolute Gasteiger partial charge is 0.481 e. The normalized spacial score (nSPS) is 8.79. The average molecular weight is 202 g/mol. The quantitative estimate of drug-likeness (QED) is 0.720. The predicted molar refractivity (Wildman–Crippen MR) is 57.4 cm³/mol. The monoisotopic (exact) mass is 202 g/mol. The minimum absolute atomic E-state index is 0.292. The molecule has 0 aromatic carbocycles. The van der Waals surface area contributed by atoms with Crippen molar-refractivity contribution in [3.8, 4) is 0 Å². The summed E-state index contributed by atoms with van der Waals surface area (Å²) in [6.45, 7) is 5.91. The fourth-order valence-electron chi connectivity index (χ4n) is 0.897. The van der Waals surface area contributed by atoms with Gasteiger partial charge < -0.3 is 5.11 Å². The Balaban J connectivity index is 0. The van der Waals surface area contributed by atoms with Crippen LogP contribution in [0.4, 0.5) is 0 Å². The third kappa shape index (κ3) is 17.3. The van der Waals surface area contributed by atoms with Gasteiger partial charge >= 0.3 is 5.97 Å². The summed E-state index contributed by atoms with van der Waals surface area (Å²) in [6, 6.07) is 0. The Kier molecular flexibility index (Phi) is 13.5. The molecule has 0 fully saturated rings. The van der Waals surface area contributed by atoms with Gasteiger partial charge in [0.25, 0.3) is 0 Å². The van der Waals surface area contributed by atoms with E-state index in [2.05, 4.69) is 0 Å². The zero-order valence-electron chi connectivity index (χ0n) is 9.51. The Morgan fingerprint density at radius 2 is 1.21 bits per heavy atom.